The molecule has 240 valence electrons. The van der Waals surface area contributed by atoms with E-state index in [0.29, 0.717) is 10.6 Å². The van der Waals surface area contributed by atoms with Gasteiger partial charge >= 0.3 is 0 Å². The Hall–Kier alpha value is -4.21. The average molecular weight is 662 g/mol. The quantitative estimate of drug-likeness (QED) is 0.184. The molecule has 4 aromatic rings. The molecule has 0 aliphatic heterocycles. The first kappa shape index (κ1) is 33.2. The van der Waals surface area contributed by atoms with E-state index in [9.17, 15) is 18.0 Å². The molecular weight excluding hydrogens is 625 g/mol. The summed E-state index contributed by atoms with van der Waals surface area (Å²) >= 11 is 6.43. The van der Waals surface area contributed by atoms with Crippen LogP contribution in [0.25, 0.3) is 0 Å². The van der Waals surface area contributed by atoms with Gasteiger partial charge in [0, 0.05) is 29.6 Å². The van der Waals surface area contributed by atoms with Gasteiger partial charge in [0.05, 0.1) is 10.6 Å². The van der Waals surface area contributed by atoms with Crippen LogP contribution in [-0.2, 0) is 32.6 Å². The standard InChI is InChI=1S/C36H37ClFN3O4S/c1-26-31(37)20-12-22-33(26)41(46(44,45)30-18-6-3-7-19-30)25-35(42)40(24-28-15-8-11-21-32(28)38)34(23-27-13-4-2-5-14-27)36(43)39-29-16-9-10-17-29/h2-8,11-15,18-22,29,34H,9-10,16-17,23-25H2,1H3,(H,39,43)/t34-/m1/s1. The number of rotatable bonds is 12. The minimum atomic E-state index is -4.27. The van der Waals surface area contributed by atoms with Crippen LogP contribution < -0.4 is 9.62 Å². The van der Waals surface area contributed by atoms with Crippen molar-refractivity contribution in [3.8, 4) is 0 Å². The summed E-state index contributed by atoms with van der Waals surface area (Å²) in [6.07, 6.45) is 3.82. The van der Waals surface area contributed by atoms with E-state index in [1.54, 1.807) is 61.5 Å². The maximum atomic E-state index is 15.1. The highest BCUT2D eigenvalue weighted by molar-refractivity contribution is 7.92. The van der Waals surface area contributed by atoms with Crippen LogP contribution >= 0.6 is 11.6 Å². The van der Waals surface area contributed by atoms with Gasteiger partial charge in [-0.05, 0) is 61.2 Å². The molecule has 0 aromatic heterocycles. The number of nitrogens with zero attached hydrogens (tertiary/aromatic N) is 2. The van der Waals surface area contributed by atoms with E-state index in [2.05, 4.69) is 5.32 Å². The van der Waals surface area contributed by atoms with Crippen LogP contribution in [0.5, 0.6) is 0 Å². The second kappa shape index (κ2) is 14.9. The summed E-state index contributed by atoms with van der Waals surface area (Å²) in [7, 11) is -4.27. The number of halogens is 2. The molecule has 0 heterocycles. The highest BCUT2D eigenvalue weighted by Gasteiger charge is 2.36. The Morgan fingerprint density at radius 1 is 0.891 bits per heavy atom. The van der Waals surface area contributed by atoms with Crippen molar-refractivity contribution in [2.75, 3.05) is 10.8 Å². The molecule has 1 atom stereocenters. The number of hydrogen-bond acceptors (Lipinski definition) is 4. The normalized spacial score (nSPS) is 14.1. The number of benzene rings is 4. The fraction of sp³-hybridized carbons (Fsp3) is 0.278. The third-order valence-electron chi connectivity index (χ3n) is 8.39. The molecule has 7 nitrogen and oxygen atoms in total. The molecule has 1 N–H and O–H groups in total. The fourth-order valence-electron chi connectivity index (χ4n) is 5.83. The van der Waals surface area contributed by atoms with Crippen molar-refractivity contribution >= 4 is 39.1 Å². The lowest BCUT2D eigenvalue weighted by molar-refractivity contribution is -0.140. The minimum Gasteiger partial charge on any atom is -0.352 e. The Bertz CT molecular complexity index is 1770. The van der Waals surface area contributed by atoms with E-state index in [4.69, 9.17) is 11.6 Å². The summed E-state index contributed by atoms with van der Waals surface area (Å²) in [6.45, 7) is 0.795. The Morgan fingerprint density at radius 2 is 1.52 bits per heavy atom. The Morgan fingerprint density at radius 3 is 2.20 bits per heavy atom. The van der Waals surface area contributed by atoms with Crippen molar-refractivity contribution in [2.45, 2.75) is 62.6 Å². The van der Waals surface area contributed by atoms with Crippen LogP contribution in [-0.4, -0.2) is 43.8 Å². The van der Waals surface area contributed by atoms with Crippen molar-refractivity contribution in [1.82, 2.24) is 10.2 Å². The summed E-state index contributed by atoms with van der Waals surface area (Å²) in [5, 5.41) is 3.45. The molecule has 2 amide bonds. The van der Waals surface area contributed by atoms with E-state index in [0.717, 1.165) is 35.6 Å². The third-order valence-corrected chi connectivity index (χ3v) is 10.6. The van der Waals surface area contributed by atoms with Gasteiger partial charge in [-0.3, -0.25) is 13.9 Å². The topological polar surface area (TPSA) is 86.8 Å². The molecular formula is C36H37ClFN3O4S. The summed E-state index contributed by atoms with van der Waals surface area (Å²) < 4.78 is 44.5. The summed E-state index contributed by atoms with van der Waals surface area (Å²) in [5.41, 5.74) is 1.71. The zero-order valence-corrected chi connectivity index (χ0v) is 27.2. The smallest absolute Gasteiger partial charge is 0.264 e. The second-order valence-corrected chi connectivity index (χ2v) is 13.8. The van der Waals surface area contributed by atoms with E-state index < -0.39 is 34.3 Å². The molecule has 1 aliphatic carbocycles. The van der Waals surface area contributed by atoms with E-state index in [-0.39, 0.29) is 41.1 Å². The summed E-state index contributed by atoms with van der Waals surface area (Å²) in [5.74, 6) is -1.56. The molecule has 4 aromatic carbocycles. The van der Waals surface area contributed by atoms with Crippen LogP contribution in [0.3, 0.4) is 0 Å². The lowest BCUT2D eigenvalue weighted by Crippen LogP contribution is -2.54. The molecule has 0 spiro atoms. The molecule has 0 unspecified atom stereocenters. The van der Waals surface area contributed by atoms with Crippen molar-refractivity contribution in [3.05, 3.63) is 131 Å². The predicted octanol–water partition coefficient (Wildman–Crippen LogP) is 6.68. The molecule has 5 rings (SSSR count). The molecule has 10 heteroatoms. The number of anilines is 1. The van der Waals surface area contributed by atoms with Gasteiger partial charge in [-0.15, -0.1) is 0 Å². The first-order valence-corrected chi connectivity index (χ1v) is 17.2. The molecule has 1 fully saturated rings. The molecule has 0 radical (unpaired) electrons. The van der Waals surface area contributed by atoms with Crippen molar-refractivity contribution in [2.24, 2.45) is 0 Å². The lowest BCUT2D eigenvalue weighted by atomic mass is 10.0. The monoisotopic (exact) mass is 661 g/mol. The molecule has 1 saturated carbocycles. The van der Waals surface area contributed by atoms with Gasteiger partial charge in [-0.25, -0.2) is 12.8 Å². The third kappa shape index (κ3) is 7.77. The van der Waals surface area contributed by atoms with E-state index in [1.165, 1.54) is 23.1 Å². The summed E-state index contributed by atoms with van der Waals surface area (Å²) in [6, 6.07) is 26.9. The van der Waals surface area contributed by atoms with Crippen LogP contribution in [0.2, 0.25) is 5.02 Å². The van der Waals surface area contributed by atoms with Crippen LogP contribution in [0.15, 0.2) is 108 Å². The average Bonchev–Trinajstić information content (AvgIpc) is 3.57. The largest absolute Gasteiger partial charge is 0.352 e. The van der Waals surface area contributed by atoms with E-state index >= 15 is 4.39 Å². The van der Waals surface area contributed by atoms with Crippen molar-refractivity contribution in [1.29, 1.82) is 0 Å². The number of sulfonamides is 1. The molecule has 1 aliphatic rings. The molecule has 0 saturated heterocycles. The van der Waals surface area contributed by atoms with Gasteiger partial charge in [0.25, 0.3) is 10.0 Å². The van der Waals surface area contributed by atoms with Gasteiger partial charge in [-0.1, -0.05) is 97.2 Å². The van der Waals surface area contributed by atoms with Gasteiger partial charge in [-0.2, -0.15) is 0 Å². The van der Waals surface area contributed by atoms with Gasteiger partial charge in [0.1, 0.15) is 18.4 Å². The Kier molecular flexibility index (Phi) is 10.8. The van der Waals surface area contributed by atoms with Crippen LogP contribution in [0, 0.1) is 12.7 Å². The zero-order valence-electron chi connectivity index (χ0n) is 25.6. The van der Waals surface area contributed by atoms with Crippen molar-refractivity contribution in [3.63, 3.8) is 0 Å². The number of carbonyl (C=O) groups is 2. The minimum absolute atomic E-state index is 0.0114. The van der Waals surface area contributed by atoms with Gasteiger partial charge in [0.15, 0.2) is 0 Å². The number of carbonyl (C=O) groups excluding carboxylic acids is 2. The Balaban J connectivity index is 1.59. The number of hydrogen-bond donors (Lipinski definition) is 1. The van der Waals surface area contributed by atoms with Gasteiger partial charge in [0.2, 0.25) is 11.8 Å². The fourth-order valence-corrected chi connectivity index (χ4v) is 7.49. The lowest BCUT2D eigenvalue weighted by Gasteiger charge is -2.34. The number of nitrogens with one attached hydrogen (secondary N) is 1. The second-order valence-electron chi connectivity index (χ2n) is 11.5. The molecule has 0 bridgehead atoms. The summed E-state index contributed by atoms with van der Waals surface area (Å²) in [4.78, 5) is 29.9. The van der Waals surface area contributed by atoms with Gasteiger partial charge < -0.3 is 10.2 Å². The first-order chi connectivity index (χ1) is 22.1. The highest BCUT2D eigenvalue weighted by atomic mass is 35.5. The highest BCUT2D eigenvalue weighted by Crippen LogP contribution is 2.31. The first-order valence-electron chi connectivity index (χ1n) is 15.3. The van der Waals surface area contributed by atoms with Crippen LogP contribution in [0.1, 0.15) is 42.4 Å². The Labute approximate surface area is 275 Å². The molecule has 46 heavy (non-hydrogen) atoms. The maximum Gasteiger partial charge on any atom is 0.264 e. The SMILES string of the molecule is Cc1c(Cl)cccc1N(CC(=O)N(Cc1ccccc1F)[C@H](Cc1ccccc1)C(=O)NC1CCCC1)S(=O)(=O)c1ccccc1. The van der Waals surface area contributed by atoms with Crippen LogP contribution in [0.4, 0.5) is 10.1 Å². The zero-order chi connectivity index (χ0) is 32.7. The van der Waals surface area contributed by atoms with Crippen molar-refractivity contribution < 1.29 is 22.4 Å². The predicted molar refractivity (Wildman–Crippen MR) is 178 cm³/mol. The maximum absolute atomic E-state index is 15.1. The van der Waals surface area contributed by atoms with E-state index in [1.807, 2.05) is 30.3 Å². The number of amides is 2.